The number of nitrogens with one attached hydrogen (secondary N) is 3. The lowest BCUT2D eigenvalue weighted by Gasteiger charge is -2.20. The number of halogens is 2. The molecular weight excluding hydrogens is 327 g/mol. The summed E-state index contributed by atoms with van der Waals surface area (Å²) in [4.78, 5) is 24.9. The van der Waals surface area contributed by atoms with Crippen LogP contribution in [0.4, 0.5) is 10.5 Å². The summed E-state index contributed by atoms with van der Waals surface area (Å²) in [6.07, 6.45) is 0.824. The van der Waals surface area contributed by atoms with Crippen LogP contribution >= 0.6 is 23.2 Å². The average Bonchev–Trinajstić information content (AvgIpc) is 2.92. The number of urea groups is 1. The highest BCUT2D eigenvalue weighted by molar-refractivity contribution is 6.36. The van der Waals surface area contributed by atoms with E-state index in [4.69, 9.17) is 23.2 Å². The summed E-state index contributed by atoms with van der Waals surface area (Å²) in [6.45, 7) is 1.43. The van der Waals surface area contributed by atoms with Crippen LogP contribution in [0.25, 0.3) is 0 Å². The average molecular weight is 345 g/mol. The van der Waals surface area contributed by atoms with Crippen molar-refractivity contribution in [3.05, 3.63) is 28.2 Å². The van der Waals surface area contributed by atoms with Crippen molar-refractivity contribution >= 4 is 40.8 Å². The van der Waals surface area contributed by atoms with Crippen molar-refractivity contribution < 1.29 is 9.59 Å². The molecule has 1 heterocycles. The third kappa shape index (κ3) is 4.42. The fourth-order valence-electron chi connectivity index (χ4n) is 2.36. The van der Waals surface area contributed by atoms with Crippen LogP contribution in [-0.4, -0.2) is 44.7 Å². The van der Waals surface area contributed by atoms with Crippen LogP contribution < -0.4 is 20.9 Å². The molecule has 1 unspecified atom stereocenters. The molecule has 1 aromatic carbocycles. The molecule has 3 N–H and O–H groups in total. The van der Waals surface area contributed by atoms with Gasteiger partial charge in [-0.3, -0.25) is 4.79 Å². The second-order valence-corrected chi connectivity index (χ2v) is 5.87. The second kappa shape index (κ2) is 7.56. The van der Waals surface area contributed by atoms with Crippen LogP contribution in [-0.2, 0) is 4.79 Å². The molecule has 3 amide bonds. The Hall–Kier alpha value is -1.66. The van der Waals surface area contributed by atoms with Gasteiger partial charge in [-0.25, -0.2) is 4.79 Å². The van der Waals surface area contributed by atoms with E-state index in [1.807, 2.05) is 6.07 Å². The van der Waals surface area contributed by atoms with Crippen molar-refractivity contribution in [3.63, 3.8) is 0 Å². The molecule has 1 aromatic rings. The van der Waals surface area contributed by atoms with Gasteiger partial charge < -0.3 is 20.9 Å². The van der Waals surface area contributed by atoms with Crippen LogP contribution in [0.2, 0.25) is 10.0 Å². The van der Waals surface area contributed by atoms with Gasteiger partial charge in [-0.05, 0) is 24.6 Å². The van der Waals surface area contributed by atoms with Gasteiger partial charge in [0.2, 0.25) is 5.91 Å². The number of anilines is 1. The van der Waals surface area contributed by atoms with E-state index in [0.717, 1.165) is 18.7 Å². The highest BCUT2D eigenvalue weighted by Gasteiger charge is 2.25. The van der Waals surface area contributed by atoms with Gasteiger partial charge in [0.15, 0.2) is 0 Å². The third-order valence-corrected chi connectivity index (χ3v) is 3.98. The van der Waals surface area contributed by atoms with Crippen molar-refractivity contribution in [1.29, 1.82) is 0 Å². The van der Waals surface area contributed by atoms with Gasteiger partial charge in [0, 0.05) is 31.2 Å². The maximum Gasteiger partial charge on any atom is 0.314 e. The number of hydrogen-bond acceptors (Lipinski definition) is 3. The first-order chi connectivity index (χ1) is 10.5. The van der Waals surface area contributed by atoms with Gasteiger partial charge in [0.25, 0.3) is 0 Å². The highest BCUT2D eigenvalue weighted by atomic mass is 35.5. The molecule has 0 aromatic heterocycles. The van der Waals surface area contributed by atoms with Crippen LogP contribution in [0.15, 0.2) is 18.2 Å². The van der Waals surface area contributed by atoms with Gasteiger partial charge >= 0.3 is 6.03 Å². The molecule has 1 aliphatic heterocycles. The van der Waals surface area contributed by atoms with Gasteiger partial charge in [-0.15, -0.1) is 0 Å². The quantitative estimate of drug-likeness (QED) is 0.776. The Labute approximate surface area is 139 Å². The summed E-state index contributed by atoms with van der Waals surface area (Å²) in [5.74, 6) is -0.211. The summed E-state index contributed by atoms with van der Waals surface area (Å²) in [6, 6.07) is 5.03. The fraction of sp³-hybridized carbons (Fsp3) is 0.429. The zero-order valence-electron chi connectivity index (χ0n) is 12.2. The normalized spacial score (nSPS) is 17.2. The minimum Gasteiger partial charge on any atom is -0.368 e. The van der Waals surface area contributed by atoms with E-state index in [-0.39, 0.29) is 24.5 Å². The van der Waals surface area contributed by atoms with Gasteiger partial charge in [-0.1, -0.05) is 23.2 Å². The van der Waals surface area contributed by atoms with E-state index in [9.17, 15) is 9.59 Å². The summed E-state index contributed by atoms with van der Waals surface area (Å²) in [7, 11) is 1.50. The molecule has 1 saturated heterocycles. The topological polar surface area (TPSA) is 73.5 Å². The lowest BCUT2D eigenvalue weighted by Crippen LogP contribution is -2.44. The number of amides is 3. The molecule has 1 aliphatic rings. The Morgan fingerprint density at radius 3 is 2.82 bits per heavy atom. The Kier molecular flexibility index (Phi) is 5.74. The number of nitrogens with zero attached hydrogens (tertiary/aromatic N) is 1. The molecule has 0 saturated carbocycles. The summed E-state index contributed by atoms with van der Waals surface area (Å²) >= 11 is 12.1. The lowest BCUT2D eigenvalue weighted by atomic mass is 10.2. The number of benzene rings is 1. The lowest BCUT2D eigenvalue weighted by molar-refractivity contribution is -0.120. The molecule has 0 spiro atoms. The number of carbonyl (C=O) groups is 2. The number of rotatable bonds is 4. The summed E-state index contributed by atoms with van der Waals surface area (Å²) in [5.41, 5.74) is 0.909. The largest absolute Gasteiger partial charge is 0.368 e. The molecule has 6 nitrogen and oxygen atoms in total. The van der Waals surface area contributed by atoms with Crippen molar-refractivity contribution in [1.82, 2.24) is 16.0 Å². The fourth-order valence-corrected chi connectivity index (χ4v) is 2.89. The Bertz CT molecular complexity index is 568. The minimum atomic E-state index is -0.379. The van der Waals surface area contributed by atoms with Gasteiger partial charge in [0.05, 0.1) is 17.3 Å². The van der Waals surface area contributed by atoms with Gasteiger partial charge in [0.1, 0.15) is 0 Å². The first-order valence-corrected chi connectivity index (χ1v) is 7.70. The first kappa shape index (κ1) is 16.7. The molecule has 120 valence electrons. The van der Waals surface area contributed by atoms with E-state index in [2.05, 4.69) is 20.9 Å². The first-order valence-electron chi connectivity index (χ1n) is 6.94. The predicted molar refractivity (Wildman–Crippen MR) is 87.7 cm³/mol. The summed E-state index contributed by atoms with van der Waals surface area (Å²) < 4.78 is 0. The Morgan fingerprint density at radius 1 is 1.36 bits per heavy atom. The van der Waals surface area contributed by atoms with E-state index >= 15 is 0 Å². The molecule has 8 heteroatoms. The monoisotopic (exact) mass is 344 g/mol. The highest BCUT2D eigenvalue weighted by Crippen LogP contribution is 2.30. The summed E-state index contributed by atoms with van der Waals surface area (Å²) in [5, 5.41) is 8.93. The van der Waals surface area contributed by atoms with E-state index < -0.39 is 0 Å². The van der Waals surface area contributed by atoms with E-state index in [0.29, 0.717) is 16.6 Å². The van der Waals surface area contributed by atoms with Crippen molar-refractivity contribution in [2.75, 3.05) is 31.6 Å². The second-order valence-electron chi connectivity index (χ2n) is 5.03. The number of carbonyl (C=O) groups excluding carboxylic acids is 2. The van der Waals surface area contributed by atoms with E-state index in [1.165, 1.54) is 7.05 Å². The van der Waals surface area contributed by atoms with Crippen LogP contribution in [0.1, 0.15) is 6.42 Å². The van der Waals surface area contributed by atoms with Crippen LogP contribution in [0.3, 0.4) is 0 Å². The molecule has 2 rings (SSSR count). The SMILES string of the molecule is CNC(=O)NCC(=O)NC1CCN(c2ccc(Cl)cc2Cl)C1. The van der Waals surface area contributed by atoms with Crippen molar-refractivity contribution in [3.8, 4) is 0 Å². The van der Waals surface area contributed by atoms with Crippen molar-refractivity contribution in [2.45, 2.75) is 12.5 Å². The molecule has 1 atom stereocenters. The molecule has 0 aliphatic carbocycles. The Morgan fingerprint density at radius 2 is 2.14 bits per heavy atom. The maximum atomic E-state index is 11.8. The molecular formula is C14H18Cl2N4O2. The third-order valence-electron chi connectivity index (χ3n) is 3.44. The molecule has 22 heavy (non-hydrogen) atoms. The maximum absolute atomic E-state index is 11.8. The van der Waals surface area contributed by atoms with Crippen molar-refractivity contribution in [2.24, 2.45) is 0 Å². The Balaban J connectivity index is 1.85. The molecule has 0 radical (unpaired) electrons. The van der Waals surface area contributed by atoms with Crippen LogP contribution in [0.5, 0.6) is 0 Å². The molecule has 1 fully saturated rings. The van der Waals surface area contributed by atoms with E-state index in [1.54, 1.807) is 12.1 Å². The standard InChI is InChI=1S/C14H18Cl2N4O2/c1-17-14(22)18-7-13(21)19-10-4-5-20(8-10)12-3-2-9(15)6-11(12)16/h2-3,6,10H,4-5,7-8H2,1H3,(H,19,21)(H2,17,18,22). The zero-order valence-corrected chi connectivity index (χ0v) is 13.7. The van der Waals surface area contributed by atoms with Gasteiger partial charge in [-0.2, -0.15) is 0 Å². The number of hydrogen-bond donors (Lipinski definition) is 3. The predicted octanol–water partition coefficient (Wildman–Crippen LogP) is 1.62. The molecule has 0 bridgehead atoms. The van der Waals surface area contributed by atoms with Crippen LogP contribution in [0, 0.1) is 0 Å². The smallest absolute Gasteiger partial charge is 0.314 e. The minimum absolute atomic E-state index is 0.0331. The zero-order chi connectivity index (χ0) is 16.1.